The number of carbonyl (C=O) groups is 2. The number of ether oxygens (including phenoxy) is 1. The maximum Gasteiger partial charge on any atom is 0.573 e. The summed E-state index contributed by atoms with van der Waals surface area (Å²) < 4.78 is 41.1. The van der Waals surface area contributed by atoms with Crippen molar-refractivity contribution in [1.82, 2.24) is 5.32 Å². The van der Waals surface area contributed by atoms with Gasteiger partial charge in [-0.05, 0) is 48.7 Å². The van der Waals surface area contributed by atoms with E-state index in [0.717, 1.165) is 18.9 Å². The molecule has 1 aliphatic carbocycles. The van der Waals surface area contributed by atoms with Crippen LogP contribution in [0.5, 0.6) is 5.75 Å². The van der Waals surface area contributed by atoms with Crippen molar-refractivity contribution in [3.63, 3.8) is 0 Å². The third-order valence-corrected chi connectivity index (χ3v) is 3.88. The first kappa shape index (κ1) is 19.5. The van der Waals surface area contributed by atoms with E-state index in [4.69, 9.17) is 0 Å². The van der Waals surface area contributed by atoms with E-state index in [2.05, 4.69) is 15.4 Å². The van der Waals surface area contributed by atoms with E-state index in [1.165, 1.54) is 30.4 Å². The van der Waals surface area contributed by atoms with Gasteiger partial charge in [0.2, 0.25) is 5.91 Å². The molecule has 2 amide bonds. The molecule has 2 N–H and O–H groups in total. The van der Waals surface area contributed by atoms with Crippen LogP contribution in [-0.2, 0) is 4.79 Å². The molecule has 0 heterocycles. The lowest BCUT2D eigenvalue weighted by molar-refractivity contribution is -0.274. The van der Waals surface area contributed by atoms with Crippen LogP contribution in [-0.4, -0.2) is 24.2 Å². The lowest BCUT2D eigenvalue weighted by Crippen LogP contribution is -2.25. The molecule has 0 aliphatic heterocycles. The number of hydrogen-bond acceptors (Lipinski definition) is 3. The van der Waals surface area contributed by atoms with Crippen molar-refractivity contribution in [2.24, 2.45) is 0 Å². The summed E-state index contributed by atoms with van der Waals surface area (Å²) in [5.74, 6) is -1.26. The first-order valence-corrected chi connectivity index (χ1v) is 8.55. The Bertz CT molecular complexity index is 888. The van der Waals surface area contributed by atoms with Crippen LogP contribution in [0.25, 0.3) is 6.08 Å². The van der Waals surface area contributed by atoms with Gasteiger partial charge in [0, 0.05) is 17.7 Å². The van der Waals surface area contributed by atoms with Crippen LogP contribution in [0.2, 0.25) is 0 Å². The standard InChI is InChI=1S/C20H17F3N2O3/c21-20(22,23)28-17-4-2-1-3-16(17)25-18(26)12-7-13-5-8-14(9-6-13)19(27)24-15-10-11-15/h1-9,12,15H,10-11H2,(H,24,27)(H,25,26)/b12-7+. The van der Waals surface area contributed by atoms with Gasteiger partial charge in [-0.3, -0.25) is 9.59 Å². The Hall–Kier alpha value is -3.29. The number of anilines is 1. The monoisotopic (exact) mass is 390 g/mol. The Morgan fingerprint density at radius 3 is 2.36 bits per heavy atom. The summed E-state index contributed by atoms with van der Waals surface area (Å²) in [6.07, 6.45) is -0.184. The van der Waals surface area contributed by atoms with Crippen LogP contribution in [0, 0.1) is 0 Å². The largest absolute Gasteiger partial charge is 0.573 e. The molecule has 5 nitrogen and oxygen atoms in total. The molecule has 0 radical (unpaired) electrons. The van der Waals surface area contributed by atoms with Gasteiger partial charge in [0.15, 0.2) is 5.75 Å². The maximum atomic E-state index is 12.4. The summed E-state index contributed by atoms with van der Waals surface area (Å²) in [7, 11) is 0. The van der Waals surface area contributed by atoms with Gasteiger partial charge in [0.25, 0.3) is 5.91 Å². The van der Waals surface area contributed by atoms with Gasteiger partial charge in [-0.15, -0.1) is 13.2 Å². The second-order valence-electron chi connectivity index (χ2n) is 6.24. The molecule has 0 atom stereocenters. The molecule has 0 bridgehead atoms. The number of para-hydroxylation sites is 2. The predicted molar refractivity (Wildman–Crippen MR) is 97.7 cm³/mol. The quantitative estimate of drug-likeness (QED) is 0.729. The fourth-order valence-corrected chi connectivity index (χ4v) is 2.37. The van der Waals surface area contributed by atoms with Gasteiger partial charge in [-0.25, -0.2) is 0 Å². The second-order valence-corrected chi connectivity index (χ2v) is 6.24. The van der Waals surface area contributed by atoms with Crippen molar-refractivity contribution in [3.05, 3.63) is 65.7 Å². The topological polar surface area (TPSA) is 67.4 Å². The third kappa shape index (κ3) is 5.87. The van der Waals surface area contributed by atoms with Crippen LogP contribution in [0.15, 0.2) is 54.6 Å². The fraction of sp³-hybridized carbons (Fsp3) is 0.200. The number of benzene rings is 2. The molecule has 0 aromatic heterocycles. The van der Waals surface area contributed by atoms with Crippen molar-refractivity contribution < 1.29 is 27.5 Å². The zero-order valence-corrected chi connectivity index (χ0v) is 14.6. The van der Waals surface area contributed by atoms with Crippen LogP contribution in [0.4, 0.5) is 18.9 Å². The zero-order chi connectivity index (χ0) is 20.1. The van der Waals surface area contributed by atoms with E-state index >= 15 is 0 Å². The van der Waals surface area contributed by atoms with Gasteiger partial charge in [0.1, 0.15) is 0 Å². The molecule has 1 aliphatic rings. The number of amides is 2. The Morgan fingerprint density at radius 2 is 1.71 bits per heavy atom. The number of hydrogen-bond donors (Lipinski definition) is 2. The first-order valence-electron chi connectivity index (χ1n) is 8.55. The average molecular weight is 390 g/mol. The average Bonchev–Trinajstić information content (AvgIpc) is 3.45. The van der Waals surface area contributed by atoms with Crippen LogP contribution in [0.1, 0.15) is 28.8 Å². The summed E-state index contributed by atoms with van der Waals surface area (Å²) in [6.45, 7) is 0. The number of halogens is 3. The Balaban J connectivity index is 1.60. The Labute approximate surface area is 159 Å². The van der Waals surface area contributed by atoms with Crippen molar-refractivity contribution in [2.45, 2.75) is 25.2 Å². The summed E-state index contributed by atoms with van der Waals surface area (Å²) in [4.78, 5) is 23.9. The van der Waals surface area contributed by atoms with E-state index in [1.54, 1.807) is 24.3 Å². The lowest BCUT2D eigenvalue weighted by atomic mass is 10.1. The molecule has 0 saturated heterocycles. The minimum Gasteiger partial charge on any atom is -0.404 e. The van der Waals surface area contributed by atoms with Gasteiger partial charge >= 0.3 is 6.36 Å². The van der Waals surface area contributed by atoms with Gasteiger partial charge in [-0.1, -0.05) is 24.3 Å². The molecule has 2 aromatic carbocycles. The zero-order valence-electron chi connectivity index (χ0n) is 14.6. The highest BCUT2D eigenvalue weighted by atomic mass is 19.4. The molecule has 0 unspecified atom stereocenters. The smallest absolute Gasteiger partial charge is 0.404 e. The SMILES string of the molecule is O=C(/C=C/c1ccc(C(=O)NC2CC2)cc1)Nc1ccccc1OC(F)(F)F. The molecular weight excluding hydrogens is 373 g/mol. The lowest BCUT2D eigenvalue weighted by Gasteiger charge is -2.13. The molecule has 1 fully saturated rings. The normalized spacial score (nSPS) is 14.0. The maximum absolute atomic E-state index is 12.4. The highest BCUT2D eigenvalue weighted by Gasteiger charge is 2.32. The highest BCUT2D eigenvalue weighted by molar-refractivity contribution is 6.02. The molecule has 8 heteroatoms. The number of nitrogens with one attached hydrogen (secondary N) is 2. The molecule has 1 saturated carbocycles. The molecular formula is C20H17F3N2O3. The number of rotatable bonds is 6. The minimum atomic E-state index is -4.86. The van der Waals surface area contributed by atoms with Gasteiger partial charge in [0.05, 0.1) is 5.69 Å². The summed E-state index contributed by atoms with van der Waals surface area (Å²) in [6, 6.07) is 12.2. The van der Waals surface area contributed by atoms with Crippen molar-refractivity contribution in [2.75, 3.05) is 5.32 Å². The van der Waals surface area contributed by atoms with Crippen LogP contribution in [0.3, 0.4) is 0 Å². The molecule has 0 spiro atoms. The van der Waals surface area contributed by atoms with Crippen molar-refractivity contribution in [3.8, 4) is 5.75 Å². The minimum absolute atomic E-state index is 0.0958. The number of alkyl halides is 3. The predicted octanol–water partition coefficient (Wildman–Crippen LogP) is 4.13. The summed E-state index contributed by atoms with van der Waals surface area (Å²) >= 11 is 0. The fourth-order valence-electron chi connectivity index (χ4n) is 2.37. The third-order valence-electron chi connectivity index (χ3n) is 3.88. The van der Waals surface area contributed by atoms with Gasteiger partial charge in [-0.2, -0.15) is 0 Å². The van der Waals surface area contributed by atoms with Crippen LogP contribution < -0.4 is 15.4 Å². The van der Waals surface area contributed by atoms with Crippen molar-refractivity contribution >= 4 is 23.6 Å². The molecule has 2 aromatic rings. The van der Waals surface area contributed by atoms with E-state index in [-0.39, 0.29) is 17.6 Å². The van der Waals surface area contributed by atoms with E-state index in [1.807, 2.05) is 0 Å². The molecule has 28 heavy (non-hydrogen) atoms. The van der Waals surface area contributed by atoms with Crippen molar-refractivity contribution in [1.29, 1.82) is 0 Å². The van der Waals surface area contributed by atoms with Gasteiger partial charge < -0.3 is 15.4 Å². The Kier molecular flexibility index (Phi) is 5.67. The van der Waals surface area contributed by atoms with E-state index in [9.17, 15) is 22.8 Å². The Morgan fingerprint density at radius 1 is 1.04 bits per heavy atom. The van der Waals surface area contributed by atoms with Crippen LogP contribution >= 0.6 is 0 Å². The first-order chi connectivity index (χ1) is 13.3. The summed E-state index contributed by atoms with van der Waals surface area (Å²) in [5, 5.41) is 5.22. The van der Waals surface area contributed by atoms with E-state index in [0.29, 0.717) is 11.1 Å². The molecule has 146 valence electrons. The number of carbonyl (C=O) groups excluding carboxylic acids is 2. The summed E-state index contributed by atoms with van der Waals surface area (Å²) in [5.41, 5.74) is 1.09. The molecule has 3 rings (SSSR count). The highest BCUT2D eigenvalue weighted by Crippen LogP contribution is 2.29. The second kappa shape index (κ2) is 8.16. The van der Waals surface area contributed by atoms with E-state index < -0.39 is 18.0 Å².